The third-order valence-electron chi connectivity index (χ3n) is 5.90. The van der Waals surface area contributed by atoms with E-state index in [2.05, 4.69) is 33.8 Å². The topological polar surface area (TPSA) is 29.5 Å². The van der Waals surface area contributed by atoms with E-state index in [4.69, 9.17) is 4.74 Å². The molecule has 0 amide bonds. The molecular formula is C20H30O2. The Morgan fingerprint density at radius 1 is 1.32 bits per heavy atom. The molecule has 22 heavy (non-hydrogen) atoms. The minimum Gasteiger partial charge on any atom is -0.508 e. The summed E-state index contributed by atoms with van der Waals surface area (Å²) in [5, 5.41) is 10.6. The van der Waals surface area contributed by atoms with Crippen molar-refractivity contribution in [2.75, 3.05) is 0 Å². The molecule has 0 aromatic heterocycles. The van der Waals surface area contributed by atoms with Gasteiger partial charge in [0.15, 0.2) is 0 Å². The number of rotatable bonds is 5. The zero-order valence-electron chi connectivity index (χ0n) is 14.5. The molecule has 1 aromatic rings. The Hall–Kier alpha value is -1.18. The monoisotopic (exact) mass is 302 g/mol. The maximum atomic E-state index is 10.6. The second-order valence-electron chi connectivity index (χ2n) is 8.11. The number of fused-ring (bicyclic) bond motifs is 3. The van der Waals surface area contributed by atoms with E-state index in [1.807, 2.05) is 6.07 Å². The van der Waals surface area contributed by atoms with Gasteiger partial charge in [-0.1, -0.05) is 40.0 Å². The normalized spacial score (nSPS) is 26.6. The molecule has 1 fully saturated rings. The Labute approximate surface area is 134 Å². The van der Waals surface area contributed by atoms with Gasteiger partial charge in [0.05, 0.1) is 0 Å². The van der Waals surface area contributed by atoms with Crippen LogP contribution in [0, 0.1) is 0 Å². The highest BCUT2D eigenvalue weighted by atomic mass is 16.5. The van der Waals surface area contributed by atoms with E-state index in [0.29, 0.717) is 11.7 Å². The Morgan fingerprint density at radius 3 is 2.82 bits per heavy atom. The number of phenols is 1. The minimum atomic E-state index is -0.0925. The lowest BCUT2D eigenvalue weighted by Crippen LogP contribution is -2.29. The van der Waals surface area contributed by atoms with Crippen molar-refractivity contribution in [2.24, 2.45) is 0 Å². The number of benzene rings is 1. The van der Waals surface area contributed by atoms with Gasteiger partial charge in [-0.25, -0.2) is 0 Å². The molecule has 2 aliphatic rings. The molecule has 0 bridgehead atoms. The summed E-state index contributed by atoms with van der Waals surface area (Å²) in [4.78, 5) is 0. The number of phenolic OH excluding ortho intramolecular Hbond substituents is 1. The molecule has 2 unspecified atom stereocenters. The lowest BCUT2D eigenvalue weighted by Gasteiger charge is -2.26. The van der Waals surface area contributed by atoms with Gasteiger partial charge < -0.3 is 9.84 Å². The van der Waals surface area contributed by atoms with Gasteiger partial charge in [-0.2, -0.15) is 0 Å². The smallest absolute Gasteiger partial charge is 0.127 e. The molecule has 122 valence electrons. The molecule has 2 heteroatoms. The van der Waals surface area contributed by atoms with Crippen LogP contribution in [0.2, 0.25) is 0 Å². The Balaban J connectivity index is 1.90. The van der Waals surface area contributed by atoms with Crippen LogP contribution in [0.3, 0.4) is 0 Å². The van der Waals surface area contributed by atoms with Crippen LogP contribution in [0.5, 0.6) is 11.5 Å². The zero-order valence-corrected chi connectivity index (χ0v) is 14.5. The first-order valence-electron chi connectivity index (χ1n) is 8.94. The van der Waals surface area contributed by atoms with E-state index in [0.717, 1.165) is 30.6 Å². The molecule has 1 aliphatic heterocycles. The summed E-state index contributed by atoms with van der Waals surface area (Å²) in [5.74, 6) is 1.76. The van der Waals surface area contributed by atoms with Crippen LogP contribution in [-0.4, -0.2) is 10.7 Å². The highest BCUT2D eigenvalue weighted by Crippen LogP contribution is 2.57. The molecule has 2 nitrogen and oxygen atoms in total. The molecule has 2 atom stereocenters. The van der Waals surface area contributed by atoms with E-state index < -0.39 is 0 Å². The first kappa shape index (κ1) is 15.7. The summed E-state index contributed by atoms with van der Waals surface area (Å²) < 4.78 is 6.30. The second kappa shape index (κ2) is 5.47. The fourth-order valence-corrected chi connectivity index (χ4v) is 4.36. The van der Waals surface area contributed by atoms with Gasteiger partial charge in [0.2, 0.25) is 0 Å². The van der Waals surface area contributed by atoms with E-state index in [-0.39, 0.29) is 11.0 Å². The van der Waals surface area contributed by atoms with Crippen molar-refractivity contribution in [2.45, 2.75) is 89.6 Å². The van der Waals surface area contributed by atoms with Crippen LogP contribution in [0.1, 0.15) is 89.7 Å². The molecule has 0 saturated heterocycles. The van der Waals surface area contributed by atoms with Gasteiger partial charge in [-0.3, -0.25) is 0 Å². The summed E-state index contributed by atoms with van der Waals surface area (Å²) in [6, 6.07) is 4.20. The SMILES string of the molecule is CCCCCC(C)(C)c1cc(O)c2c(c1)OC1(C)CCCC21. The molecule has 1 saturated carbocycles. The number of unbranched alkanes of at least 4 members (excludes halogenated alkanes) is 2. The average molecular weight is 302 g/mol. The highest BCUT2D eigenvalue weighted by Gasteiger charge is 2.49. The molecule has 3 rings (SSSR count). The number of hydrogen-bond donors (Lipinski definition) is 1. The van der Waals surface area contributed by atoms with Crippen molar-refractivity contribution >= 4 is 0 Å². The van der Waals surface area contributed by atoms with Gasteiger partial charge in [0, 0.05) is 11.5 Å². The summed E-state index contributed by atoms with van der Waals surface area (Å²) in [6.07, 6.45) is 8.34. The van der Waals surface area contributed by atoms with Crippen molar-refractivity contribution < 1.29 is 9.84 Å². The number of aromatic hydroxyl groups is 1. The van der Waals surface area contributed by atoms with Crippen molar-refractivity contribution in [3.05, 3.63) is 23.3 Å². The predicted molar refractivity (Wildman–Crippen MR) is 90.9 cm³/mol. The van der Waals surface area contributed by atoms with Crippen LogP contribution < -0.4 is 4.74 Å². The summed E-state index contributed by atoms with van der Waals surface area (Å²) in [7, 11) is 0. The Bertz CT molecular complexity index is 561. The van der Waals surface area contributed by atoms with Crippen LogP contribution in [0.4, 0.5) is 0 Å². The van der Waals surface area contributed by atoms with E-state index >= 15 is 0 Å². The van der Waals surface area contributed by atoms with E-state index in [1.165, 1.54) is 31.2 Å². The molecule has 0 spiro atoms. The maximum Gasteiger partial charge on any atom is 0.127 e. The third kappa shape index (κ3) is 2.51. The zero-order chi connectivity index (χ0) is 16.0. The minimum absolute atomic E-state index is 0.0869. The van der Waals surface area contributed by atoms with Crippen LogP contribution in [0.25, 0.3) is 0 Å². The fourth-order valence-electron chi connectivity index (χ4n) is 4.36. The van der Waals surface area contributed by atoms with Crippen LogP contribution >= 0.6 is 0 Å². The summed E-state index contributed by atoms with van der Waals surface area (Å²) >= 11 is 0. The molecule has 1 aromatic carbocycles. The Morgan fingerprint density at radius 2 is 2.09 bits per heavy atom. The summed E-state index contributed by atoms with van der Waals surface area (Å²) in [6.45, 7) is 9.00. The Kier molecular flexibility index (Phi) is 3.91. The first-order valence-corrected chi connectivity index (χ1v) is 8.94. The van der Waals surface area contributed by atoms with Crippen molar-refractivity contribution in [3.8, 4) is 11.5 Å². The van der Waals surface area contributed by atoms with Crippen molar-refractivity contribution in [1.29, 1.82) is 0 Å². The largest absolute Gasteiger partial charge is 0.508 e. The standard InChI is InChI=1S/C20H30O2/c1-5-6-7-10-19(2,3)14-12-16(21)18-15-9-8-11-20(15,4)22-17(18)13-14/h12-13,15,21H,5-11H2,1-4H3. The highest BCUT2D eigenvalue weighted by molar-refractivity contribution is 5.55. The van der Waals surface area contributed by atoms with Gasteiger partial charge in [-0.05, 0) is 55.7 Å². The van der Waals surface area contributed by atoms with Crippen molar-refractivity contribution in [3.63, 3.8) is 0 Å². The van der Waals surface area contributed by atoms with Gasteiger partial charge >= 0.3 is 0 Å². The number of hydrogen-bond acceptors (Lipinski definition) is 2. The molecule has 1 heterocycles. The first-order chi connectivity index (χ1) is 10.4. The maximum absolute atomic E-state index is 10.6. The molecule has 1 aliphatic carbocycles. The average Bonchev–Trinajstić information content (AvgIpc) is 2.91. The van der Waals surface area contributed by atoms with E-state index in [1.54, 1.807) is 0 Å². The molecule has 1 N–H and O–H groups in total. The molecular weight excluding hydrogens is 272 g/mol. The third-order valence-corrected chi connectivity index (χ3v) is 5.90. The predicted octanol–water partition coefficient (Wildman–Crippen LogP) is 5.67. The van der Waals surface area contributed by atoms with Gasteiger partial charge in [0.1, 0.15) is 17.1 Å². The number of ether oxygens (including phenoxy) is 1. The second-order valence-corrected chi connectivity index (χ2v) is 8.11. The quantitative estimate of drug-likeness (QED) is 0.710. The lowest BCUT2D eigenvalue weighted by molar-refractivity contribution is 0.107. The lowest BCUT2D eigenvalue weighted by atomic mass is 9.78. The van der Waals surface area contributed by atoms with Crippen LogP contribution in [0.15, 0.2) is 12.1 Å². The van der Waals surface area contributed by atoms with Gasteiger partial charge in [0.25, 0.3) is 0 Å². The van der Waals surface area contributed by atoms with Crippen LogP contribution in [-0.2, 0) is 5.41 Å². The van der Waals surface area contributed by atoms with Gasteiger partial charge in [-0.15, -0.1) is 0 Å². The summed E-state index contributed by atoms with van der Waals surface area (Å²) in [5.41, 5.74) is 2.27. The van der Waals surface area contributed by atoms with Crippen molar-refractivity contribution in [1.82, 2.24) is 0 Å². The fraction of sp³-hybridized carbons (Fsp3) is 0.700. The van der Waals surface area contributed by atoms with E-state index in [9.17, 15) is 5.11 Å². The molecule has 0 radical (unpaired) electrons.